The summed E-state index contributed by atoms with van der Waals surface area (Å²) in [5.74, 6) is 0. The maximum atomic E-state index is 12.4. The van der Waals surface area contributed by atoms with Crippen molar-refractivity contribution in [3.8, 4) is 0 Å². The van der Waals surface area contributed by atoms with Gasteiger partial charge < -0.3 is 10.3 Å². The highest BCUT2D eigenvalue weighted by Crippen LogP contribution is 2.17. The van der Waals surface area contributed by atoms with Crippen molar-refractivity contribution in [1.82, 2.24) is 14.3 Å². The van der Waals surface area contributed by atoms with Crippen molar-refractivity contribution >= 4 is 10.0 Å². The van der Waals surface area contributed by atoms with E-state index in [1.165, 1.54) is 0 Å². The van der Waals surface area contributed by atoms with Crippen LogP contribution in [-0.4, -0.2) is 24.0 Å². The van der Waals surface area contributed by atoms with E-state index in [0.717, 1.165) is 5.56 Å². The average molecular weight is 308 g/mol. The summed E-state index contributed by atoms with van der Waals surface area (Å²) >= 11 is 0. The molecule has 6 nitrogen and oxygen atoms in total. The molecule has 0 aliphatic carbocycles. The molecule has 114 valence electrons. The van der Waals surface area contributed by atoms with Crippen molar-refractivity contribution in [2.75, 3.05) is 0 Å². The number of imidazole rings is 1. The first-order valence-electron chi connectivity index (χ1n) is 6.70. The molecule has 0 bridgehead atoms. The molecule has 1 heterocycles. The van der Waals surface area contributed by atoms with E-state index in [-0.39, 0.29) is 10.9 Å². The second-order valence-corrected chi connectivity index (χ2v) is 6.77. The van der Waals surface area contributed by atoms with Crippen LogP contribution in [0, 0.1) is 6.92 Å². The largest absolute Gasteiger partial charge is 0.336 e. The summed E-state index contributed by atoms with van der Waals surface area (Å²) in [6, 6.07) is 4.90. The molecular formula is C14H20N4O2S. The van der Waals surface area contributed by atoms with Crippen LogP contribution in [0.1, 0.15) is 18.1 Å². The predicted molar refractivity (Wildman–Crippen MR) is 81.1 cm³/mol. The summed E-state index contributed by atoms with van der Waals surface area (Å²) in [5.41, 5.74) is 7.17. The zero-order chi connectivity index (χ0) is 15.5. The molecule has 1 aromatic heterocycles. The van der Waals surface area contributed by atoms with Gasteiger partial charge in [0.15, 0.2) is 0 Å². The molecule has 0 fully saturated rings. The van der Waals surface area contributed by atoms with Crippen LogP contribution >= 0.6 is 0 Å². The molecule has 0 amide bonds. The lowest BCUT2D eigenvalue weighted by Crippen LogP contribution is -2.35. The smallest absolute Gasteiger partial charge is 0.241 e. The van der Waals surface area contributed by atoms with Gasteiger partial charge in [-0.1, -0.05) is 12.1 Å². The Kier molecular flexibility index (Phi) is 4.76. The van der Waals surface area contributed by atoms with Gasteiger partial charge in [-0.05, 0) is 31.0 Å². The molecule has 0 aliphatic heterocycles. The third kappa shape index (κ3) is 3.90. The van der Waals surface area contributed by atoms with Gasteiger partial charge in [0.25, 0.3) is 0 Å². The van der Waals surface area contributed by atoms with Crippen LogP contribution in [0.3, 0.4) is 0 Å². The Morgan fingerprint density at radius 1 is 1.43 bits per heavy atom. The number of aromatic nitrogens is 2. The van der Waals surface area contributed by atoms with Gasteiger partial charge in [-0.2, -0.15) is 0 Å². The Labute approximate surface area is 125 Å². The van der Waals surface area contributed by atoms with Crippen LogP contribution in [0.2, 0.25) is 0 Å². The number of aryl methyl sites for hydroxylation is 1. The minimum absolute atomic E-state index is 0.238. The van der Waals surface area contributed by atoms with Crippen molar-refractivity contribution < 1.29 is 8.42 Å². The van der Waals surface area contributed by atoms with Crippen molar-refractivity contribution in [2.24, 2.45) is 5.73 Å². The molecule has 2 rings (SSSR count). The molecule has 1 unspecified atom stereocenters. The van der Waals surface area contributed by atoms with E-state index in [0.29, 0.717) is 18.7 Å². The predicted octanol–water partition coefficient (Wildman–Crippen LogP) is 1.02. The lowest BCUT2D eigenvalue weighted by Gasteiger charge is -2.16. The second-order valence-electron chi connectivity index (χ2n) is 5.09. The normalized spacial score (nSPS) is 13.3. The van der Waals surface area contributed by atoms with E-state index in [2.05, 4.69) is 9.71 Å². The van der Waals surface area contributed by atoms with Crippen molar-refractivity contribution in [1.29, 1.82) is 0 Å². The van der Waals surface area contributed by atoms with Gasteiger partial charge in [0.1, 0.15) is 0 Å². The van der Waals surface area contributed by atoms with E-state index in [4.69, 9.17) is 5.73 Å². The summed E-state index contributed by atoms with van der Waals surface area (Å²) in [7, 11) is -3.54. The molecule has 0 spiro atoms. The number of nitrogens with two attached hydrogens (primary N) is 1. The Morgan fingerprint density at radius 2 is 2.19 bits per heavy atom. The Hall–Kier alpha value is -1.70. The Bertz CT molecular complexity index is 696. The summed E-state index contributed by atoms with van der Waals surface area (Å²) in [5, 5.41) is 0. The fourth-order valence-electron chi connectivity index (χ4n) is 2.22. The lowest BCUT2D eigenvalue weighted by molar-refractivity contribution is 0.520. The molecule has 7 heteroatoms. The maximum Gasteiger partial charge on any atom is 0.241 e. The third-order valence-corrected chi connectivity index (χ3v) is 4.91. The molecule has 1 atom stereocenters. The first-order valence-corrected chi connectivity index (χ1v) is 8.18. The molecule has 0 aliphatic rings. The molecule has 3 N–H and O–H groups in total. The topological polar surface area (TPSA) is 90.0 Å². The second kappa shape index (κ2) is 6.38. The van der Waals surface area contributed by atoms with E-state index in [9.17, 15) is 8.42 Å². The fraction of sp³-hybridized carbons (Fsp3) is 0.357. The van der Waals surface area contributed by atoms with Gasteiger partial charge >= 0.3 is 0 Å². The lowest BCUT2D eigenvalue weighted by atomic mass is 10.1. The highest BCUT2D eigenvalue weighted by atomic mass is 32.2. The van der Waals surface area contributed by atoms with Gasteiger partial charge in [-0.3, -0.25) is 0 Å². The van der Waals surface area contributed by atoms with Crippen molar-refractivity contribution in [3.63, 3.8) is 0 Å². The van der Waals surface area contributed by atoms with Crippen LogP contribution < -0.4 is 10.5 Å². The number of sulfonamides is 1. The zero-order valence-corrected chi connectivity index (χ0v) is 13.0. The molecule has 2 aromatic rings. The summed E-state index contributed by atoms with van der Waals surface area (Å²) in [4.78, 5) is 4.23. The maximum absolute atomic E-state index is 12.4. The highest BCUT2D eigenvalue weighted by Gasteiger charge is 2.19. The first kappa shape index (κ1) is 15.7. The third-order valence-electron chi connectivity index (χ3n) is 3.16. The van der Waals surface area contributed by atoms with Gasteiger partial charge in [0, 0.05) is 31.5 Å². The van der Waals surface area contributed by atoms with E-state index >= 15 is 0 Å². The van der Waals surface area contributed by atoms with Crippen LogP contribution in [0.5, 0.6) is 0 Å². The van der Waals surface area contributed by atoms with Gasteiger partial charge in [-0.25, -0.2) is 18.1 Å². The highest BCUT2D eigenvalue weighted by molar-refractivity contribution is 7.89. The number of benzene rings is 1. The number of hydrogen-bond donors (Lipinski definition) is 2. The van der Waals surface area contributed by atoms with Crippen LogP contribution in [0.25, 0.3) is 0 Å². The minimum Gasteiger partial charge on any atom is -0.336 e. The standard InChI is InChI=1S/C14H20N4O2S/c1-11-7-13(8-15)3-4-14(11)21(19,20)17-12(2)9-18-6-5-16-10-18/h3-7,10,12,17H,8-9,15H2,1-2H3. The van der Waals surface area contributed by atoms with Crippen LogP contribution in [0.15, 0.2) is 41.8 Å². The molecule has 1 aromatic carbocycles. The Morgan fingerprint density at radius 3 is 2.76 bits per heavy atom. The zero-order valence-electron chi connectivity index (χ0n) is 12.2. The molecule has 0 radical (unpaired) electrons. The minimum atomic E-state index is -3.54. The summed E-state index contributed by atoms with van der Waals surface area (Å²) in [6.45, 7) is 4.51. The molecule has 0 saturated carbocycles. The van der Waals surface area contributed by atoms with E-state index in [1.54, 1.807) is 43.8 Å². The van der Waals surface area contributed by atoms with E-state index < -0.39 is 10.0 Å². The fourth-order valence-corrected chi connectivity index (χ4v) is 3.68. The van der Waals surface area contributed by atoms with Gasteiger partial charge in [0.05, 0.1) is 11.2 Å². The average Bonchev–Trinajstić information content (AvgIpc) is 2.90. The van der Waals surface area contributed by atoms with Gasteiger partial charge in [-0.15, -0.1) is 0 Å². The summed E-state index contributed by atoms with van der Waals surface area (Å²) in [6.07, 6.45) is 5.12. The number of rotatable bonds is 6. The van der Waals surface area contributed by atoms with Crippen LogP contribution in [-0.2, 0) is 23.1 Å². The van der Waals surface area contributed by atoms with Gasteiger partial charge in [0.2, 0.25) is 10.0 Å². The monoisotopic (exact) mass is 308 g/mol. The van der Waals surface area contributed by atoms with Crippen molar-refractivity contribution in [2.45, 2.75) is 37.9 Å². The Balaban J connectivity index is 2.14. The molecule has 21 heavy (non-hydrogen) atoms. The molecule has 0 saturated heterocycles. The molecular weight excluding hydrogens is 288 g/mol. The van der Waals surface area contributed by atoms with Crippen molar-refractivity contribution in [3.05, 3.63) is 48.0 Å². The summed E-state index contributed by atoms with van der Waals surface area (Å²) < 4.78 is 29.4. The van der Waals surface area contributed by atoms with Crippen LogP contribution in [0.4, 0.5) is 0 Å². The number of nitrogens with zero attached hydrogens (tertiary/aromatic N) is 2. The quantitative estimate of drug-likeness (QED) is 0.833. The first-order chi connectivity index (χ1) is 9.92. The van der Waals surface area contributed by atoms with E-state index in [1.807, 2.05) is 11.5 Å². The number of hydrogen-bond acceptors (Lipinski definition) is 4. The number of nitrogens with one attached hydrogen (secondary N) is 1. The SMILES string of the molecule is Cc1cc(CN)ccc1S(=O)(=O)NC(C)Cn1ccnc1.